The molecule has 2 heterocycles. The summed E-state index contributed by atoms with van der Waals surface area (Å²) in [6.45, 7) is 3.17. The molecule has 2 aliphatic heterocycles. The lowest BCUT2D eigenvalue weighted by Crippen LogP contribution is -2.45. The topological polar surface area (TPSA) is 32.7 Å². The first-order chi connectivity index (χ1) is 5.92. The number of ether oxygens (including phenoxy) is 1. The first-order valence-corrected chi connectivity index (χ1v) is 4.86. The number of aliphatic hydroxyl groups excluding tert-OH is 1. The number of nitrogens with zero attached hydrogens (tertiary/aromatic N) is 1. The van der Waals surface area contributed by atoms with Gasteiger partial charge >= 0.3 is 0 Å². The molecule has 2 aliphatic rings. The smallest absolute Gasteiger partial charge is 0.0622 e. The van der Waals surface area contributed by atoms with Gasteiger partial charge in [-0.25, -0.2) is 0 Å². The van der Waals surface area contributed by atoms with Crippen molar-refractivity contribution < 1.29 is 9.84 Å². The Hall–Kier alpha value is -0.120. The Morgan fingerprint density at radius 2 is 2.33 bits per heavy atom. The molecule has 0 aromatic heterocycles. The first kappa shape index (κ1) is 8.48. The summed E-state index contributed by atoms with van der Waals surface area (Å²) >= 11 is 0. The Labute approximate surface area is 73.3 Å². The third-order valence-corrected chi connectivity index (χ3v) is 3.04. The first-order valence-electron chi connectivity index (χ1n) is 4.86. The summed E-state index contributed by atoms with van der Waals surface area (Å²) < 4.78 is 5.41. The lowest BCUT2D eigenvalue weighted by atomic mass is 10.1. The van der Waals surface area contributed by atoms with Gasteiger partial charge in [-0.1, -0.05) is 0 Å². The van der Waals surface area contributed by atoms with Gasteiger partial charge in [-0.05, 0) is 19.3 Å². The number of fused-ring (bicyclic) bond motifs is 1. The van der Waals surface area contributed by atoms with Crippen molar-refractivity contribution >= 4 is 0 Å². The predicted octanol–water partition coefficient (Wildman–Crippen LogP) is 0.232. The minimum Gasteiger partial charge on any atom is -0.396 e. The van der Waals surface area contributed by atoms with Gasteiger partial charge in [0, 0.05) is 25.2 Å². The Bertz CT molecular complexity index is 151. The molecule has 0 aromatic rings. The molecule has 0 unspecified atom stereocenters. The summed E-state index contributed by atoms with van der Waals surface area (Å²) in [6, 6.07) is 1.28. The molecule has 2 fully saturated rings. The van der Waals surface area contributed by atoms with Crippen LogP contribution in [-0.4, -0.2) is 48.5 Å². The number of hydrogen-bond donors (Lipinski definition) is 1. The highest BCUT2D eigenvalue weighted by Crippen LogP contribution is 2.27. The molecule has 0 radical (unpaired) electrons. The van der Waals surface area contributed by atoms with E-state index in [0.717, 1.165) is 26.2 Å². The minimum absolute atomic E-state index is 0.328. The molecule has 0 aromatic carbocycles. The zero-order valence-corrected chi connectivity index (χ0v) is 7.41. The van der Waals surface area contributed by atoms with Gasteiger partial charge in [-0.15, -0.1) is 0 Å². The molecule has 1 N–H and O–H groups in total. The van der Waals surface area contributed by atoms with E-state index in [2.05, 4.69) is 4.90 Å². The Kier molecular flexibility index (Phi) is 2.63. The highest BCUT2D eigenvalue weighted by atomic mass is 16.5. The summed E-state index contributed by atoms with van der Waals surface area (Å²) in [5.41, 5.74) is 0. The SMILES string of the molecule is OCC[C@@H]1CC[C@H]2COCCN12. The van der Waals surface area contributed by atoms with E-state index in [9.17, 15) is 0 Å². The van der Waals surface area contributed by atoms with Gasteiger partial charge < -0.3 is 9.84 Å². The summed E-state index contributed by atoms with van der Waals surface area (Å²) in [5.74, 6) is 0. The van der Waals surface area contributed by atoms with Crippen molar-refractivity contribution in [3.05, 3.63) is 0 Å². The maximum absolute atomic E-state index is 8.86. The average Bonchev–Trinajstić information content (AvgIpc) is 2.50. The van der Waals surface area contributed by atoms with Crippen LogP contribution in [0.25, 0.3) is 0 Å². The lowest BCUT2D eigenvalue weighted by Gasteiger charge is -2.33. The van der Waals surface area contributed by atoms with Crippen molar-refractivity contribution in [3.63, 3.8) is 0 Å². The van der Waals surface area contributed by atoms with Crippen molar-refractivity contribution in [1.82, 2.24) is 4.90 Å². The quantitative estimate of drug-likeness (QED) is 0.645. The van der Waals surface area contributed by atoms with Gasteiger partial charge in [0.2, 0.25) is 0 Å². The third-order valence-electron chi connectivity index (χ3n) is 3.04. The van der Waals surface area contributed by atoms with Gasteiger partial charge in [-0.2, -0.15) is 0 Å². The van der Waals surface area contributed by atoms with Crippen LogP contribution in [-0.2, 0) is 4.74 Å². The molecule has 0 aliphatic carbocycles. The van der Waals surface area contributed by atoms with E-state index >= 15 is 0 Å². The van der Waals surface area contributed by atoms with Crippen LogP contribution >= 0.6 is 0 Å². The average molecular weight is 171 g/mol. The monoisotopic (exact) mass is 171 g/mol. The maximum atomic E-state index is 8.86. The highest BCUT2D eigenvalue weighted by molar-refractivity contribution is 4.88. The maximum Gasteiger partial charge on any atom is 0.0622 e. The number of morpholine rings is 1. The zero-order valence-electron chi connectivity index (χ0n) is 7.41. The Balaban J connectivity index is 1.92. The van der Waals surface area contributed by atoms with E-state index in [1.165, 1.54) is 12.8 Å². The fourth-order valence-electron chi connectivity index (χ4n) is 2.41. The van der Waals surface area contributed by atoms with E-state index in [4.69, 9.17) is 9.84 Å². The normalized spacial score (nSPS) is 36.8. The summed E-state index contributed by atoms with van der Waals surface area (Å²) in [5, 5.41) is 8.86. The van der Waals surface area contributed by atoms with E-state index in [1.54, 1.807) is 0 Å². The molecular formula is C9H17NO2. The molecule has 0 bridgehead atoms. The van der Waals surface area contributed by atoms with Crippen molar-refractivity contribution in [2.24, 2.45) is 0 Å². The molecule has 12 heavy (non-hydrogen) atoms. The molecule has 0 amide bonds. The van der Waals surface area contributed by atoms with Crippen LogP contribution in [0.5, 0.6) is 0 Å². The van der Waals surface area contributed by atoms with Crippen LogP contribution < -0.4 is 0 Å². The number of aliphatic hydroxyl groups is 1. The van der Waals surface area contributed by atoms with Crippen molar-refractivity contribution in [2.45, 2.75) is 31.3 Å². The molecule has 2 atom stereocenters. The summed E-state index contributed by atoms with van der Waals surface area (Å²) in [7, 11) is 0. The van der Waals surface area contributed by atoms with E-state index in [0.29, 0.717) is 18.7 Å². The van der Waals surface area contributed by atoms with E-state index in [-0.39, 0.29) is 0 Å². The molecule has 2 rings (SSSR count). The fraction of sp³-hybridized carbons (Fsp3) is 1.00. The van der Waals surface area contributed by atoms with E-state index in [1.807, 2.05) is 0 Å². The highest BCUT2D eigenvalue weighted by Gasteiger charge is 2.34. The van der Waals surface area contributed by atoms with Crippen LogP contribution in [0.1, 0.15) is 19.3 Å². The summed E-state index contributed by atoms with van der Waals surface area (Å²) in [4.78, 5) is 2.51. The fourth-order valence-corrected chi connectivity index (χ4v) is 2.41. The van der Waals surface area contributed by atoms with Crippen molar-refractivity contribution in [3.8, 4) is 0 Å². The van der Waals surface area contributed by atoms with Crippen molar-refractivity contribution in [2.75, 3.05) is 26.4 Å². The molecule has 0 spiro atoms. The van der Waals surface area contributed by atoms with Crippen LogP contribution in [0.2, 0.25) is 0 Å². The minimum atomic E-state index is 0.328. The van der Waals surface area contributed by atoms with Crippen LogP contribution in [0.3, 0.4) is 0 Å². The van der Waals surface area contributed by atoms with Gasteiger partial charge in [0.15, 0.2) is 0 Å². The Morgan fingerprint density at radius 3 is 3.17 bits per heavy atom. The predicted molar refractivity (Wildman–Crippen MR) is 46.0 cm³/mol. The van der Waals surface area contributed by atoms with Gasteiger partial charge in [-0.3, -0.25) is 4.90 Å². The number of rotatable bonds is 2. The largest absolute Gasteiger partial charge is 0.396 e. The van der Waals surface area contributed by atoms with Gasteiger partial charge in [0.05, 0.1) is 13.2 Å². The molecule has 0 saturated carbocycles. The van der Waals surface area contributed by atoms with Crippen molar-refractivity contribution in [1.29, 1.82) is 0 Å². The van der Waals surface area contributed by atoms with Crippen LogP contribution in [0, 0.1) is 0 Å². The molecule has 3 heteroatoms. The van der Waals surface area contributed by atoms with Gasteiger partial charge in [0.1, 0.15) is 0 Å². The molecule has 2 saturated heterocycles. The zero-order chi connectivity index (χ0) is 8.39. The van der Waals surface area contributed by atoms with Crippen LogP contribution in [0.4, 0.5) is 0 Å². The Morgan fingerprint density at radius 1 is 1.42 bits per heavy atom. The molecule has 3 nitrogen and oxygen atoms in total. The number of hydrogen-bond acceptors (Lipinski definition) is 3. The van der Waals surface area contributed by atoms with Crippen LogP contribution in [0.15, 0.2) is 0 Å². The standard InChI is InChI=1S/C9H17NO2/c11-5-3-8-1-2-9-7-12-6-4-10(8)9/h8-9,11H,1-7H2/t8-,9-/m0/s1. The second kappa shape index (κ2) is 3.73. The third kappa shape index (κ3) is 1.49. The molecular weight excluding hydrogens is 154 g/mol. The van der Waals surface area contributed by atoms with E-state index < -0.39 is 0 Å². The van der Waals surface area contributed by atoms with Gasteiger partial charge in [0.25, 0.3) is 0 Å². The second-order valence-corrected chi connectivity index (χ2v) is 3.71. The summed E-state index contributed by atoms with van der Waals surface area (Å²) in [6.07, 6.45) is 3.44. The molecule has 70 valence electrons. The lowest BCUT2D eigenvalue weighted by molar-refractivity contribution is -0.00601. The second-order valence-electron chi connectivity index (χ2n) is 3.71.